The summed E-state index contributed by atoms with van der Waals surface area (Å²) in [6.07, 6.45) is 6.61. The molecule has 4 heterocycles. The number of aromatic nitrogens is 2. The molecule has 3 aliphatic rings. The Hall–Kier alpha value is -0.970. The van der Waals surface area contributed by atoms with Crippen molar-refractivity contribution < 1.29 is 13.2 Å². The van der Waals surface area contributed by atoms with Crippen LogP contribution in [0.3, 0.4) is 0 Å². The molecule has 1 saturated carbocycles. The Morgan fingerprint density at radius 1 is 1.14 bits per heavy atom. The average Bonchev–Trinajstić information content (AvgIpc) is 3.37. The highest BCUT2D eigenvalue weighted by molar-refractivity contribution is 7.89. The van der Waals surface area contributed by atoms with Crippen LogP contribution in [-0.4, -0.2) is 65.9 Å². The number of thiophene rings is 1. The third-order valence-electron chi connectivity index (χ3n) is 5.71. The van der Waals surface area contributed by atoms with Crippen molar-refractivity contribution in [3.8, 4) is 5.88 Å². The van der Waals surface area contributed by atoms with Gasteiger partial charge in [0.2, 0.25) is 15.9 Å². The molecular weight excluding hydrogens is 455 g/mol. The van der Waals surface area contributed by atoms with Crippen molar-refractivity contribution in [3.63, 3.8) is 0 Å². The fraction of sp³-hybridized carbons (Fsp3) is 0.556. The fourth-order valence-electron chi connectivity index (χ4n) is 4.06. The van der Waals surface area contributed by atoms with Gasteiger partial charge >= 0.3 is 0 Å². The molecule has 7 nitrogen and oxygen atoms in total. The average molecular weight is 475 g/mol. The van der Waals surface area contributed by atoms with E-state index in [-0.39, 0.29) is 21.4 Å². The summed E-state index contributed by atoms with van der Waals surface area (Å²) in [7, 11) is -3.66. The number of ether oxygens (including phenoxy) is 1. The highest BCUT2D eigenvalue weighted by atomic mass is 35.5. The molecule has 2 saturated heterocycles. The highest BCUT2D eigenvalue weighted by Crippen LogP contribution is 2.39. The molecule has 2 aromatic heterocycles. The van der Waals surface area contributed by atoms with Crippen LogP contribution < -0.4 is 4.74 Å². The first-order valence-corrected chi connectivity index (χ1v) is 12.6. The molecule has 1 aliphatic carbocycles. The van der Waals surface area contributed by atoms with Crippen molar-refractivity contribution in [1.82, 2.24) is 19.2 Å². The van der Waals surface area contributed by atoms with Crippen LogP contribution in [0.25, 0.3) is 0 Å². The van der Waals surface area contributed by atoms with E-state index in [9.17, 15) is 8.42 Å². The molecule has 5 rings (SSSR count). The monoisotopic (exact) mass is 474 g/mol. The predicted octanol–water partition coefficient (Wildman–Crippen LogP) is 3.25. The van der Waals surface area contributed by atoms with E-state index < -0.39 is 10.0 Å². The first-order valence-electron chi connectivity index (χ1n) is 9.58. The van der Waals surface area contributed by atoms with Gasteiger partial charge in [-0.3, -0.25) is 9.88 Å². The lowest BCUT2D eigenvalue weighted by atomic mass is 10.2. The lowest BCUT2D eigenvalue weighted by molar-refractivity contribution is 0.151. The summed E-state index contributed by atoms with van der Waals surface area (Å²) in [6.45, 7) is 2.25. The molecule has 0 bridgehead atoms. The number of rotatable bonds is 5. The Morgan fingerprint density at radius 3 is 2.62 bits per heavy atom. The summed E-state index contributed by atoms with van der Waals surface area (Å²) in [5.74, 6) is 1.10. The number of sulfonamides is 1. The van der Waals surface area contributed by atoms with Crippen LogP contribution in [0.1, 0.15) is 30.9 Å². The minimum atomic E-state index is -3.66. The molecule has 0 amide bonds. The first kappa shape index (κ1) is 20.0. The van der Waals surface area contributed by atoms with Gasteiger partial charge in [-0.05, 0) is 18.9 Å². The van der Waals surface area contributed by atoms with Crippen LogP contribution >= 0.6 is 34.5 Å². The zero-order valence-corrected chi connectivity index (χ0v) is 18.6. The zero-order valence-electron chi connectivity index (χ0n) is 15.5. The van der Waals surface area contributed by atoms with E-state index in [0.29, 0.717) is 35.8 Å². The Morgan fingerprint density at radius 2 is 1.97 bits per heavy atom. The third kappa shape index (κ3) is 4.00. The number of hydrogen-bond donors (Lipinski definition) is 0. The summed E-state index contributed by atoms with van der Waals surface area (Å²) in [4.78, 5) is 11.2. The van der Waals surface area contributed by atoms with E-state index in [4.69, 9.17) is 27.9 Å². The van der Waals surface area contributed by atoms with E-state index in [1.807, 2.05) is 0 Å². The van der Waals surface area contributed by atoms with Gasteiger partial charge in [-0.15, -0.1) is 11.3 Å². The van der Waals surface area contributed by atoms with Gasteiger partial charge in [-0.25, -0.2) is 13.4 Å². The number of hydrogen-bond acceptors (Lipinski definition) is 7. The van der Waals surface area contributed by atoms with Crippen molar-refractivity contribution in [3.05, 3.63) is 32.8 Å². The van der Waals surface area contributed by atoms with Crippen LogP contribution in [-0.2, 0) is 10.0 Å². The van der Waals surface area contributed by atoms with E-state index in [0.717, 1.165) is 30.0 Å². The van der Waals surface area contributed by atoms with Crippen molar-refractivity contribution in [2.45, 2.75) is 42.2 Å². The van der Waals surface area contributed by atoms with Gasteiger partial charge < -0.3 is 4.74 Å². The van der Waals surface area contributed by atoms with Crippen LogP contribution in [0.5, 0.6) is 5.88 Å². The van der Waals surface area contributed by atoms with E-state index in [2.05, 4.69) is 14.9 Å². The molecule has 0 radical (unpaired) electrons. The smallest absolute Gasteiger partial charge is 0.245 e. The van der Waals surface area contributed by atoms with Crippen molar-refractivity contribution in [2.75, 3.05) is 26.2 Å². The maximum absolute atomic E-state index is 13.0. The Balaban J connectivity index is 1.24. The Kier molecular flexibility index (Phi) is 5.24. The molecule has 2 atom stereocenters. The van der Waals surface area contributed by atoms with Gasteiger partial charge in [-0.1, -0.05) is 23.2 Å². The Labute approximate surface area is 183 Å². The van der Waals surface area contributed by atoms with Crippen LogP contribution in [0.4, 0.5) is 0 Å². The van der Waals surface area contributed by atoms with Gasteiger partial charge in [0.05, 0.1) is 22.4 Å². The minimum Gasteiger partial charge on any atom is -0.472 e. The summed E-state index contributed by atoms with van der Waals surface area (Å²) in [5.41, 5.74) is 1.04. The molecule has 0 N–H and O–H groups in total. The molecule has 2 aromatic rings. The molecule has 11 heteroatoms. The number of piperazine rings is 1. The van der Waals surface area contributed by atoms with E-state index in [1.54, 1.807) is 12.4 Å². The lowest BCUT2D eigenvalue weighted by Crippen LogP contribution is -2.51. The maximum Gasteiger partial charge on any atom is 0.245 e. The van der Waals surface area contributed by atoms with Gasteiger partial charge in [0, 0.05) is 44.6 Å². The second-order valence-electron chi connectivity index (χ2n) is 7.73. The fourth-order valence-corrected chi connectivity index (χ4v) is 7.64. The molecule has 0 spiro atoms. The molecule has 29 heavy (non-hydrogen) atoms. The molecule has 2 aliphatic heterocycles. The second-order valence-corrected chi connectivity index (χ2v) is 11.9. The molecular formula is C18H20Cl2N4O3S2. The van der Waals surface area contributed by atoms with Gasteiger partial charge in [0.15, 0.2) is 0 Å². The quantitative estimate of drug-likeness (QED) is 0.661. The van der Waals surface area contributed by atoms with Gasteiger partial charge in [0.1, 0.15) is 15.3 Å². The maximum atomic E-state index is 13.0. The van der Waals surface area contributed by atoms with Crippen molar-refractivity contribution in [1.29, 1.82) is 0 Å². The first-order chi connectivity index (χ1) is 13.9. The van der Waals surface area contributed by atoms with Crippen molar-refractivity contribution >= 4 is 44.6 Å². The SMILES string of the molecule is O=S(=O)(c1cc(Cl)sc1Cl)N1CCN2C[C@H](Oc3cnc(C4CC4)cn3)C[C@H]2C1. The minimum absolute atomic E-state index is 0.0251. The molecule has 156 valence electrons. The summed E-state index contributed by atoms with van der Waals surface area (Å²) < 4.78 is 34.1. The summed E-state index contributed by atoms with van der Waals surface area (Å²) in [6, 6.07) is 1.54. The standard InChI is InChI=1S/C18H20Cl2N4O3S2/c19-16-6-15(18(20)28-16)29(25,26)24-4-3-23-10-13(5-12(23)9-24)27-17-8-21-14(7-22-17)11-1-2-11/h6-8,11-13H,1-5,9-10H2/t12-,13+/m0/s1. The topological polar surface area (TPSA) is 75.6 Å². The normalized spacial score (nSPS) is 25.9. The Bertz CT molecular complexity index is 1010. The molecule has 0 aromatic carbocycles. The van der Waals surface area contributed by atoms with Gasteiger partial charge in [0.25, 0.3) is 0 Å². The van der Waals surface area contributed by atoms with Crippen LogP contribution in [0, 0.1) is 0 Å². The zero-order chi connectivity index (χ0) is 20.2. The largest absolute Gasteiger partial charge is 0.472 e. The number of fused-ring (bicyclic) bond motifs is 1. The summed E-state index contributed by atoms with van der Waals surface area (Å²) in [5, 5.41) is 0. The van der Waals surface area contributed by atoms with Crippen LogP contribution in [0.15, 0.2) is 23.4 Å². The highest BCUT2D eigenvalue weighted by Gasteiger charge is 2.41. The second kappa shape index (κ2) is 7.62. The molecule has 3 fully saturated rings. The number of halogens is 2. The lowest BCUT2D eigenvalue weighted by Gasteiger charge is -2.36. The summed E-state index contributed by atoms with van der Waals surface area (Å²) >= 11 is 13.1. The van der Waals surface area contributed by atoms with E-state index >= 15 is 0 Å². The third-order valence-corrected chi connectivity index (χ3v) is 9.33. The van der Waals surface area contributed by atoms with E-state index in [1.165, 1.54) is 23.2 Å². The van der Waals surface area contributed by atoms with Crippen molar-refractivity contribution in [2.24, 2.45) is 0 Å². The predicted molar refractivity (Wildman–Crippen MR) is 111 cm³/mol. The van der Waals surface area contributed by atoms with Gasteiger partial charge in [-0.2, -0.15) is 4.31 Å². The van der Waals surface area contributed by atoms with Crippen LogP contribution in [0.2, 0.25) is 8.67 Å². The molecule has 0 unspecified atom stereocenters. The number of nitrogens with zero attached hydrogens (tertiary/aromatic N) is 4.